The van der Waals surface area contributed by atoms with E-state index in [0.29, 0.717) is 11.1 Å². The Kier molecular flexibility index (Phi) is 5.18. The van der Waals surface area contributed by atoms with Crippen LogP contribution in [0.2, 0.25) is 0 Å². The van der Waals surface area contributed by atoms with E-state index < -0.39 is 10.0 Å². The minimum absolute atomic E-state index is 0.0798. The SMILES string of the molecule is CC(CN)N(C)S(=O)(=O)CCCN1C(=O)c2ccccc2C1=O. The molecule has 1 unspecified atom stereocenters. The molecule has 1 aromatic rings. The first-order chi connectivity index (χ1) is 10.8. The van der Waals surface area contributed by atoms with E-state index in [0.717, 1.165) is 4.90 Å². The molecule has 2 N–H and O–H groups in total. The average molecular weight is 339 g/mol. The van der Waals surface area contributed by atoms with Crippen molar-refractivity contribution in [3.63, 3.8) is 0 Å². The van der Waals surface area contributed by atoms with Gasteiger partial charge in [0, 0.05) is 26.2 Å². The average Bonchev–Trinajstić information content (AvgIpc) is 2.78. The van der Waals surface area contributed by atoms with Crippen LogP contribution >= 0.6 is 0 Å². The molecule has 0 fully saturated rings. The van der Waals surface area contributed by atoms with Crippen LogP contribution in [0.5, 0.6) is 0 Å². The highest BCUT2D eigenvalue weighted by Gasteiger charge is 2.35. The van der Waals surface area contributed by atoms with Crippen molar-refractivity contribution in [2.24, 2.45) is 5.73 Å². The summed E-state index contributed by atoms with van der Waals surface area (Å²) in [5.74, 6) is -0.875. The van der Waals surface area contributed by atoms with E-state index in [1.165, 1.54) is 11.4 Å². The Morgan fingerprint density at radius 1 is 1.17 bits per heavy atom. The van der Waals surface area contributed by atoms with Crippen LogP contribution in [0.4, 0.5) is 0 Å². The van der Waals surface area contributed by atoms with Gasteiger partial charge in [-0.25, -0.2) is 12.7 Å². The second kappa shape index (κ2) is 6.77. The molecule has 0 spiro atoms. The minimum Gasteiger partial charge on any atom is -0.329 e. The molecule has 23 heavy (non-hydrogen) atoms. The van der Waals surface area contributed by atoms with Crippen LogP contribution in [0.1, 0.15) is 34.1 Å². The van der Waals surface area contributed by atoms with Crippen LogP contribution in [-0.4, -0.2) is 61.4 Å². The standard InChI is InChI=1S/C15H21N3O4S/c1-11(10-16)17(2)23(21,22)9-5-8-18-14(19)12-6-3-4-7-13(12)15(18)20/h3-4,6-7,11H,5,8-10,16H2,1-2H3. The third-order valence-electron chi connectivity index (χ3n) is 4.06. The molecule has 7 nitrogen and oxygen atoms in total. The van der Waals surface area contributed by atoms with Crippen LogP contribution < -0.4 is 5.73 Å². The number of carbonyl (C=O) groups is 2. The van der Waals surface area contributed by atoms with Gasteiger partial charge in [0.1, 0.15) is 0 Å². The first kappa shape index (κ1) is 17.6. The van der Waals surface area contributed by atoms with Crippen molar-refractivity contribution in [1.29, 1.82) is 0 Å². The lowest BCUT2D eigenvalue weighted by atomic mass is 10.1. The molecular formula is C15H21N3O4S. The molecule has 1 heterocycles. The van der Waals surface area contributed by atoms with Crippen molar-refractivity contribution < 1.29 is 18.0 Å². The molecule has 0 aromatic heterocycles. The van der Waals surface area contributed by atoms with Gasteiger partial charge in [0.05, 0.1) is 16.9 Å². The van der Waals surface area contributed by atoms with E-state index in [4.69, 9.17) is 5.73 Å². The van der Waals surface area contributed by atoms with E-state index in [2.05, 4.69) is 0 Å². The molecule has 0 radical (unpaired) electrons. The molecular weight excluding hydrogens is 318 g/mol. The van der Waals surface area contributed by atoms with Gasteiger partial charge >= 0.3 is 0 Å². The number of hydrogen-bond donors (Lipinski definition) is 1. The summed E-state index contributed by atoms with van der Waals surface area (Å²) >= 11 is 0. The number of nitrogens with zero attached hydrogens (tertiary/aromatic N) is 2. The maximum absolute atomic E-state index is 12.2. The zero-order valence-corrected chi connectivity index (χ0v) is 14.0. The first-order valence-corrected chi connectivity index (χ1v) is 9.01. The van der Waals surface area contributed by atoms with Crippen molar-refractivity contribution >= 4 is 21.8 Å². The molecule has 0 bridgehead atoms. The summed E-state index contributed by atoms with van der Waals surface area (Å²) in [4.78, 5) is 25.5. The molecule has 0 aliphatic carbocycles. The summed E-state index contributed by atoms with van der Waals surface area (Å²) in [6.45, 7) is 2.03. The second-order valence-corrected chi connectivity index (χ2v) is 7.73. The summed E-state index contributed by atoms with van der Waals surface area (Å²) in [7, 11) is -1.98. The highest BCUT2D eigenvalue weighted by atomic mass is 32.2. The maximum Gasteiger partial charge on any atom is 0.261 e. The molecule has 2 amide bonds. The highest BCUT2D eigenvalue weighted by molar-refractivity contribution is 7.89. The fraction of sp³-hybridized carbons (Fsp3) is 0.467. The normalized spacial score (nSPS) is 16.1. The van der Waals surface area contributed by atoms with Gasteiger partial charge in [-0.15, -0.1) is 0 Å². The fourth-order valence-corrected chi connectivity index (χ4v) is 3.83. The van der Waals surface area contributed by atoms with E-state index in [9.17, 15) is 18.0 Å². The van der Waals surface area contributed by atoms with Crippen LogP contribution in [0, 0.1) is 0 Å². The van der Waals surface area contributed by atoms with Gasteiger partial charge in [0.25, 0.3) is 11.8 Å². The smallest absolute Gasteiger partial charge is 0.261 e. The van der Waals surface area contributed by atoms with Crippen molar-refractivity contribution in [2.75, 3.05) is 25.9 Å². The topological polar surface area (TPSA) is 101 Å². The number of nitrogens with two attached hydrogens (primary N) is 1. The van der Waals surface area contributed by atoms with Crippen LogP contribution in [0.15, 0.2) is 24.3 Å². The molecule has 2 rings (SSSR count). The Morgan fingerprint density at radius 2 is 1.70 bits per heavy atom. The summed E-state index contributed by atoms with van der Waals surface area (Å²) < 4.78 is 25.6. The molecule has 1 aliphatic heterocycles. The van der Waals surface area contributed by atoms with Gasteiger partial charge in [-0.05, 0) is 25.5 Å². The van der Waals surface area contributed by atoms with E-state index in [-0.39, 0.29) is 43.1 Å². The Hall–Kier alpha value is -1.77. The van der Waals surface area contributed by atoms with Crippen LogP contribution in [0.3, 0.4) is 0 Å². The molecule has 8 heteroatoms. The van der Waals surface area contributed by atoms with Gasteiger partial charge < -0.3 is 5.73 Å². The van der Waals surface area contributed by atoms with Crippen molar-refractivity contribution in [3.05, 3.63) is 35.4 Å². The van der Waals surface area contributed by atoms with Crippen LogP contribution in [0.25, 0.3) is 0 Å². The van der Waals surface area contributed by atoms with Gasteiger partial charge in [-0.2, -0.15) is 0 Å². The first-order valence-electron chi connectivity index (χ1n) is 7.40. The van der Waals surface area contributed by atoms with Crippen molar-refractivity contribution in [1.82, 2.24) is 9.21 Å². The number of imide groups is 1. The largest absolute Gasteiger partial charge is 0.329 e. The molecule has 0 saturated carbocycles. The molecule has 1 aliphatic rings. The monoisotopic (exact) mass is 339 g/mol. The van der Waals surface area contributed by atoms with Gasteiger partial charge in [-0.3, -0.25) is 14.5 Å². The number of hydrogen-bond acceptors (Lipinski definition) is 5. The Bertz CT molecular complexity index is 682. The number of fused-ring (bicyclic) bond motifs is 1. The van der Waals surface area contributed by atoms with Crippen molar-refractivity contribution in [3.8, 4) is 0 Å². The number of likely N-dealkylation sites (N-methyl/N-ethyl adjacent to an activating group) is 1. The number of rotatable bonds is 7. The Labute approximate surface area is 136 Å². The predicted molar refractivity (Wildman–Crippen MR) is 86.5 cm³/mol. The summed E-state index contributed by atoms with van der Waals surface area (Å²) in [5, 5.41) is 0. The van der Waals surface area contributed by atoms with E-state index in [1.54, 1.807) is 31.2 Å². The van der Waals surface area contributed by atoms with E-state index in [1.807, 2.05) is 0 Å². The summed E-state index contributed by atoms with van der Waals surface area (Å²) in [6, 6.07) is 6.30. The minimum atomic E-state index is -3.46. The third kappa shape index (κ3) is 3.44. The van der Waals surface area contributed by atoms with Crippen LogP contribution in [-0.2, 0) is 10.0 Å². The van der Waals surface area contributed by atoms with Gasteiger partial charge in [0.15, 0.2) is 0 Å². The lowest BCUT2D eigenvalue weighted by molar-refractivity contribution is 0.0654. The molecule has 0 saturated heterocycles. The van der Waals surface area contributed by atoms with Gasteiger partial charge in [0.2, 0.25) is 10.0 Å². The highest BCUT2D eigenvalue weighted by Crippen LogP contribution is 2.22. The number of sulfonamides is 1. The predicted octanol–water partition coefficient (Wildman–Crippen LogP) is 0.282. The zero-order chi connectivity index (χ0) is 17.2. The maximum atomic E-state index is 12.2. The number of amides is 2. The lowest BCUT2D eigenvalue weighted by Crippen LogP contribution is -2.41. The quantitative estimate of drug-likeness (QED) is 0.719. The second-order valence-electron chi connectivity index (χ2n) is 5.58. The summed E-state index contributed by atoms with van der Waals surface area (Å²) in [6.07, 6.45) is 0.190. The molecule has 1 atom stereocenters. The van der Waals surface area contributed by atoms with Gasteiger partial charge in [-0.1, -0.05) is 12.1 Å². The van der Waals surface area contributed by atoms with E-state index >= 15 is 0 Å². The number of carbonyl (C=O) groups excluding carboxylic acids is 2. The van der Waals surface area contributed by atoms with Crippen molar-refractivity contribution in [2.45, 2.75) is 19.4 Å². The fourth-order valence-electron chi connectivity index (χ4n) is 2.41. The molecule has 1 aromatic carbocycles. The lowest BCUT2D eigenvalue weighted by Gasteiger charge is -2.23. The molecule has 126 valence electrons. The Morgan fingerprint density at radius 3 is 2.17 bits per heavy atom. The Balaban J connectivity index is 1.98. The summed E-state index contributed by atoms with van der Waals surface area (Å²) in [5.41, 5.74) is 6.22. The number of benzene rings is 1. The third-order valence-corrected chi connectivity index (χ3v) is 6.10. The zero-order valence-electron chi connectivity index (χ0n) is 13.2.